The van der Waals surface area contributed by atoms with E-state index in [0.717, 1.165) is 21.6 Å². The Hall–Kier alpha value is -1.57. The van der Waals surface area contributed by atoms with Crippen molar-refractivity contribution >= 4 is 33.8 Å². The molecule has 0 saturated heterocycles. The molecule has 23 heavy (non-hydrogen) atoms. The molecule has 2 heterocycles. The molecule has 3 rings (SSSR count). The molecule has 1 aliphatic carbocycles. The van der Waals surface area contributed by atoms with Gasteiger partial charge in [-0.05, 0) is 0 Å². The Balaban J connectivity index is 1.67. The second-order valence-corrected chi connectivity index (χ2v) is 21.3. The van der Waals surface area contributed by atoms with Gasteiger partial charge in [-0.15, -0.1) is 0 Å². The summed E-state index contributed by atoms with van der Waals surface area (Å²) in [6, 6.07) is 3.79. The van der Waals surface area contributed by atoms with Crippen LogP contribution in [0.5, 0.6) is 0 Å². The number of anilines is 1. The van der Waals surface area contributed by atoms with E-state index >= 15 is 0 Å². The van der Waals surface area contributed by atoms with Crippen LogP contribution >= 0.6 is 0 Å². The Kier molecular flexibility index (Phi) is 4.35. The second kappa shape index (κ2) is 6.14. The van der Waals surface area contributed by atoms with Gasteiger partial charge in [0.25, 0.3) is 0 Å². The molecule has 120 valence electrons. The van der Waals surface area contributed by atoms with Crippen LogP contribution in [0, 0.1) is 12.8 Å². The van der Waals surface area contributed by atoms with Gasteiger partial charge in [0.15, 0.2) is 0 Å². The predicted octanol–water partition coefficient (Wildman–Crippen LogP) is 1.86. The summed E-state index contributed by atoms with van der Waals surface area (Å²) < 4.78 is 1.11. The number of aryl methyl sites for hydroxylation is 1. The number of carbonyl (C=O) groups excluding carboxylic acids is 1. The first-order chi connectivity index (χ1) is 10.8. The molecule has 0 aliphatic heterocycles. The average molecular weight is 418 g/mol. The summed E-state index contributed by atoms with van der Waals surface area (Å²) in [4.78, 5) is 36.5. The van der Waals surface area contributed by atoms with Gasteiger partial charge in [-0.3, -0.25) is 0 Å². The first-order valence-electron chi connectivity index (χ1n) is 7.77. The summed E-state index contributed by atoms with van der Waals surface area (Å²) in [5.41, 5.74) is 0.930. The first-order valence-corrected chi connectivity index (χ1v) is 17.8. The average Bonchev–Trinajstić information content (AvgIpc) is 3.27. The van der Waals surface area contributed by atoms with Crippen LogP contribution in [0.4, 0.5) is 5.82 Å². The summed E-state index contributed by atoms with van der Waals surface area (Å²) in [5.74, 6) is 1.42. The standard InChI is InChI=1S/C13H12N5O.3CH3.Sn/c1-8-2-5-15-12(17-8)9-6-10(9)13(19)18-11-3-4-14-7-16-11;;;;/h2-3,5,7,9-10H,6H2,1H3,(H,14,16,18,19);3*1H3;/t9-,10-;;;;/m0..../s1. The first kappa shape index (κ1) is 16.3. The molecule has 0 unspecified atom stereocenters. The quantitative estimate of drug-likeness (QED) is 0.768. The molecule has 2 aromatic heterocycles. The topological polar surface area (TPSA) is 80.7 Å². The Morgan fingerprint density at radius 3 is 2.74 bits per heavy atom. The van der Waals surface area contributed by atoms with Crippen molar-refractivity contribution in [3.8, 4) is 0 Å². The van der Waals surface area contributed by atoms with Crippen LogP contribution in [0.3, 0.4) is 0 Å². The van der Waals surface area contributed by atoms with E-state index in [1.54, 1.807) is 12.5 Å². The Morgan fingerprint density at radius 1 is 1.26 bits per heavy atom. The van der Waals surface area contributed by atoms with Crippen LogP contribution in [-0.2, 0) is 4.79 Å². The molecule has 0 aromatic carbocycles. The van der Waals surface area contributed by atoms with Gasteiger partial charge in [0.05, 0.1) is 0 Å². The van der Waals surface area contributed by atoms with E-state index in [1.165, 1.54) is 0 Å². The van der Waals surface area contributed by atoms with Crippen molar-refractivity contribution < 1.29 is 4.79 Å². The van der Waals surface area contributed by atoms with E-state index in [1.807, 2.05) is 19.1 Å². The van der Waals surface area contributed by atoms with Crippen LogP contribution in [0.2, 0.25) is 14.8 Å². The van der Waals surface area contributed by atoms with E-state index in [9.17, 15) is 4.79 Å². The minimum atomic E-state index is -2.26. The molecular formula is C16H21N5OSn. The summed E-state index contributed by atoms with van der Waals surface area (Å²) in [5, 5.41) is 2.92. The van der Waals surface area contributed by atoms with Crippen molar-refractivity contribution in [2.24, 2.45) is 5.92 Å². The molecule has 1 fully saturated rings. The van der Waals surface area contributed by atoms with E-state index in [0.29, 0.717) is 5.82 Å². The number of carbonyl (C=O) groups is 1. The Labute approximate surface area is 140 Å². The van der Waals surface area contributed by atoms with Crippen LogP contribution in [0.1, 0.15) is 23.9 Å². The van der Waals surface area contributed by atoms with Crippen molar-refractivity contribution in [3.05, 3.63) is 36.2 Å². The van der Waals surface area contributed by atoms with Gasteiger partial charge < -0.3 is 0 Å². The maximum absolute atomic E-state index is 12.4. The zero-order valence-electron chi connectivity index (χ0n) is 13.9. The molecular weight excluding hydrogens is 397 g/mol. The zero-order valence-corrected chi connectivity index (χ0v) is 16.7. The Morgan fingerprint density at radius 2 is 2.04 bits per heavy atom. The Bertz CT molecular complexity index is 743. The molecule has 0 radical (unpaired) electrons. The predicted molar refractivity (Wildman–Crippen MR) is 91.3 cm³/mol. The van der Waals surface area contributed by atoms with Crippen molar-refractivity contribution in [2.75, 3.05) is 5.32 Å². The number of aromatic nitrogens is 4. The third-order valence-corrected chi connectivity index (χ3v) is 9.13. The van der Waals surface area contributed by atoms with E-state index in [-0.39, 0.29) is 17.7 Å². The van der Waals surface area contributed by atoms with E-state index < -0.39 is 18.4 Å². The fourth-order valence-corrected chi connectivity index (χ4v) is 5.37. The zero-order chi connectivity index (χ0) is 16.6. The van der Waals surface area contributed by atoms with Gasteiger partial charge in [-0.1, -0.05) is 0 Å². The molecule has 1 saturated carbocycles. The monoisotopic (exact) mass is 419 g/mol. The molecule has 6 nitrogen and oxygen atoms in total. The van der Waals surface area contributed by atoms with Crippen molar-refractivity contribution in [1.29, 1.82) is 0 Å². The maximum atomic E-state index is 12.4. The van der Waals surface area contributed by atoms with Crippen molar-refractivity contribution in [1.82, 2.24) is 19.9 Å². The fourth-order valence-electron chi connectivity index (χ4n) is 2.47. The van der Waals surface area contributed by atoms with Crippen LogP contribution in [0.25, 0.3) is 0 Å². The number of hydrogen-bond donors (Lipinski definition) is 1. The number of amides is 1. The van der Waals surface area contributed by atoms with Crippen LogP contribution < -0.4 is 9.03 Å². The summed E-state index contributed by atoms with van der Waals surface area (Å²) in [6.07, 6.45) is 4.09. The van der Waals surface area contributed by atoms with Crippen LogP contribution in [-0.4, -0.2) is 44.2 Å². The summed E-state index contributed by atoms with van der Waals surface area (Å²) in [7, 11) is 0. The molecule has 1 N–H and O–H groups in total. The SMILES string of the molecule is Cc1ccnc([C@H]2C[C@@H]2C(=O)Nc2c[c]([Sn]([CH3])([CH3])[CH3])ncn2)n1. The number of rotatable bonds is 4. The van der Waals surface area contributed by atoms with Crippen LogP contribution in [0.15, 0.2) is 24.7 Å². The van der Waals surface area contributed by atoms with Gasteiger partial charge in [-0.25, -0.2) is 0 Å². The molecule has 1 amide bonds. The third-order valence-electron chi connectivity index (χ3n) is 3.96. The molecule has 7 heteroatoms. The van der Waals surface area contributed by atoms with Crippen molar-refractivity contribution in [3.63, 3.8) is 0 Å². The summed E-state index contributed by atoms with van der Waals surface area (Å²) in [6.45, 7) is 1.93. The molecule has 1 aliphatic rings. The van der Waals surface area contributed by atoms with E-state index in [4.69, 9.17) is 0 Å². The number of nitrogens with zero attached hydrogens (tertiary/aromatic N) is 4. The van der Waals surface area contributed by atoms with Crippen molar-refractivity contribution in [2.45, 2.75) is 34.1 Å². The molecule has 2 aromatic rings. The summed E-state index contributed by atoms with van der Waals surface area (Å²) >= 11 is -2.26. The van der Waals surface area contributed by atoms with Gasteiger partial charge in [0.2, 0.25) is 0 Å². The van der Waals surface area contributed by atoms with Gasteiger partial charge in [-0.2, -0.15) is 0 Å². The molecule has 0 bridgehead atoms. The number of hydrogen-bond acceptors (Lipinski definition) is 5. The fraction of sp³-hybridized carbons (Fsp3) is 0.438. The molecule has 2 atom stereocenters. The molecule has 0 spiro atoms. The number of nitrogens with one attached hydrogen (secondary N) is 1. The second-order valence-electron chi connectivity index (χ2n) is 7.03. The third kappa shape index (κ3) is 3.85. The van der Waals surface area contributed by atoms with Gasteiger partial charge >= 0.3 is 140 Å². The van der Waals surface area contributed by atoms with Gasteiger partial charge in [0, 0.05) is 0 Å². The van der Waals surface area contributed by atoms with E-state index in [2.05, 4.69) is 40.1 Å². The minimum absolute atomic E-state index is 0.00568. The normalized spacial score (nSPS) is 20.2. The van der Waals surface area contributed by atoms with Gasteiger partial charge in [0.1, 0.15) is 0 Å².